The third-order valence-electron chi connectivity index (χ3n) is 6.47. The van der Waals surface area contributed by atoms with E-state index >= 15 is 0 Å². The van der Waals surface area contributed by atoms with Crippen LogP contribution in [0.25, 0.3) is 5.65 Å². The van der Waals surface area contributed by atoms with Crippen LogP contribution in [0.2, 0.25) is 0 Å². The summed E-state index contributed by atoms with van der Waals surface area (Å²) in [5.41, 5.74) is 7.49. The van der Waals surface area contributed by atoms with Crippen LogP contribution in [0.15, 0.2) is 48.7 Å². The van der Waals surface area contributed by atoms with E-state index in [9.17, 15) is 14.4 Å². The number of amides is 3. The summed E-state index contributed by atoms with van der Waals surface area (Å²) in [5, 5.41) is 0. The monoisotopic (exact) mass is 477 g/mol. The summed E-state index contributed by atoms with van der Waals surface area (Å²) in [6.45, 7) is 4.36. The summed E-state index contributed by atoms with van der Waals surface area (Å²) < 4.78 is 7.25. The van der Waals surface area contributed by atoms with Gasteiger partial charge in [0.2, 0.25) is 11.8 Å². The molecule has 35 heavy (non-hydrogen) atoms. The number of para-hydroxylation sites is 1. The molecule has 2 aromatic heterocycles. The number of fused-ring (bicyclic) bond motifs is 1. The SMILES string of the molecule is CCCCN1C(=O)CCC(C(=O)NNC(=O)c2c(C)nc3ccccn23)C1c1ccccc1OC. The van der Waals surface area contributed by atoms with Gasteiger partial charge in [0.05, 0.1) is 24.8 Å². The topological polar surface area (TPSA) is 105 Å². The van der Waals surface area contributed by atoms with Gasteiger partial charge in [0.1, 0.15) is 17.1 Å². The highest BCUT2D eigenvalue weighted by molar-refractivity contribution is 5.96. The van der Waals surface area contributed by atoms with Crippen molar-refractivity contribution in [2.75, 3.05) is 13.7 Å². The number of piperidine rings is 1. The number of unbranched alkanes of at least 4 members (excludes halogenated alkanes) is 1. The number of benzene rings is 1. The quantitative estimate of drug-likeness (QED) is 0.509. The number of hydrogen-bond donors (Lipinski definition) is 2. The number of carbonyl (C=O) groups excluding carboxylic acids is 3. The lowest BCUT2D eigenvalue weighted by Gasteiger charge is -2.41. The zero-order valence-electron chi connectivity index (χ0n) is 20.3. The molecule has 4 rings (SSSR count). The minimum Gasteiger partial charge on any atom is -0.496 e. The molecule has 1 aliphatic rings. The lowest BCUT2D eigenvalue weighted by molar-refractivity contribution is -0.143. The van der Waals surface area contributed by atoms with Crippen molar-refractivity contribution < 1.29 is 19.1 Å². The molecule has 2 atom stereocenters. The van der Waals surface area contributed by atoms with Crippen molar-refractivity contribution in [3.63, 3.8) is 0 Å². The van der Waals surface area contributed by atoms with E-state index in [1.807, 2.05) is 42.5 Å². The molecular formula is C26H31N5O4. The number of hydrogen-bond acceptors (Lipinski definition) is 5. The van der Waals surface area contributed by atoms with Gasteiger partial charge in [0, 0.05) is 24.7 Å². The Hall–Kier alpha value is -3.88. The fourth-order valence-electron chi connectivity index (χ4n) is 4.77. The molecular weight excluding hydrogens is 446 g/mol. The maximum absolute atomic E-state index is 13.4. The van der Waals surface area contributed by atoms with Crippen LogP contribution in [0.4, 0.5) is 0 Å². The molecule has 1 aromatic carbocycles. The van der Waals surface area contributed by atoms with Crippen LogP contribution in [-0.4, -0.2) is 45.7 Å². The highest BCUT2D eigenvalue weighted by atomic mass is 16.5. The van der Waals surface area contributed by atoms with Crippen LogP contribution >= 0.6 is 0 Å². The zero-order valence-corrected chi connectivity index (χ0v) is 20.3. The van der Waals surface area contributed by atoms with E-state index in [0.717, 1.165) is 18.4 Å². The van der Waals surface area contributed by atoms with E-state index in [1.54, 1.807) is 29.5 Å². The number of hydrazine groups is 1. The van der Waals surface area contributed by atoms with Crippen molar-refractivity contribution in [1.82, 2.24) is 25.1 Å². The Kier molecular flexibility index (Phi) is 7.33. The normalized spacial score (nSPS) is 17.9. The highest BCUT2D eigenvalue weighted by Crippen LogP contribution is 2.40. The summed E-state index contributed by atoms with van der Waals surface area (Å²) in [7, 11) is 1.58. The number of pyridine rings is 1. The Balaban J connectivity index is 1.58. The highest BCUT2D eigenvalue weighted by Gasteiger charge is 2.41. The Morgan fingerprint density at radius 2 is 1.91 bits per heavy atom. The summed E-state index contributed by atoms with van der Waals surface area (Å²) in [6.07, 6.45) is 4.15. The summed E-state index contributed by atoms with van der Waals surface area (Å²) in [6, 6.07) is 12.4. The molecule has 0 aliphatic carbocycles. The summed E-state index contributed by atoms with van der Waals surface area (Å²) >= 11 is 0. The molecule has 2 unspecified atom stereocenters. The number of carbonyl (C=O) groups is 3. The van der Waals surface area contributed by atoms with Gasteiger partial charge in [-0.25, -0.2) is 4.98 Å². The van der Waals surface area contributed by atoms with Gasteiger partial charge < -0.3 is 9.64 Å². The first-order chi connectivity index (χ1) is 17.0. The lowest BCUT2D eigenvalue weighted by Crippen LogP contribution is -2.52. The number of aromatic nitrogens is 2. The minimum atomic E-state index is -0.551. The largest absolute Gasteiger partial charge is 0.496 e. The van der Waals surface area contributed by atoms with Crippen LogP contribution in [-0.2, 0) is 9.59 Å². The molecule has 3 amide bonds. The average molecular weight is 478 g/mol. The van der Waals surface area contributed by atoms with Crippen molar-refractivity contribution >= 4 is 23.4 Å². The second kappa shape index (κ2) is 10.6. The minimum absolute atomic E-state index is 0.0174. The molecule has 9 heteroatoms. The summed E-state index contributed by atoms with van der Waals surface area (Å²) in [5.74, 6) is -0.724. The molecule has 9 nitrogen and oxygen atoms in total. The number of rotatable bonds is 7. The number of imidazole rings is 1. The van der Waals surface area contributed by atoms with Gasteiger partial charge in [0.15, 0.2) is 0 Å². The van der Waals surface area contributed by atoms with Crippen LogP contribution in [0.5, 0.6) is 5.75 Å². The van der Waals surface area contributed by atoms with Crippen molar-refractivity contribution in [1.29, 1.82) is 0 Å². The smallest absolute Gasteiger partial charge is 0.288 e. The van der Waals surface area contributed by atoms with E-state index in [-0.39, 0.29) is 18.2 Å². The van der Waals surface area contributed by atoms with E-state index < -0.39 is 17.9 Å². The number of likely N-dealkylation sites (tertiary alicyclic amines) is 1. The molecule has 1 aliphatic heterocycles. The Morgan fingerprint density at radius 3 is 2.69 bits per heavy atom. The molecule has 0 saturated carbocycles. The third-order valence-corrected chi connectivity index (χ3v) is 6.47. The predicted molar refractivity (Wildman–Crippen MR) is 131 cm³/mol. The lowest BCUT2D eigenvalue weighted by atomic mass is 9.83. The molecule has 0 bridgehead atoms. The molecule has 3 aromatic rings. The molecule has 0 radical (unpaired) electrons. The molecule has 184 valence electrons. The fraction of sp³-hybridized carbons (Fsp3) is 0.385. The average Bonchev–Trinajstić information content (AvgIpc) is 3.21. The summed E-state index contributed by atoms with van der Waals surface area (Å²) in [4.78, 5) is 45.5. The number of ether oxygens (including phenoxy) is 1. The Morgan fingerprint density at radius 1 is 1.14 bits per heavy atom. The van der Waals surface area contributed by atoms with Crippen molar-refractivity contribution in [3.05, 3.63) is 65.6 Å². The Bertz CT molecular complexity index is 1240. The number of nitrogens with one attached hydrogen (secondary N) is 2. The van der Waals surface area contributed by atoms with Gasteiger partial charge in [-0.2, -0.15) is 0 Å². The van der Waals surface area contributed by atoms with E-state index in [2.05, 4.69) is 22.8 Å². The van der Waals surface area contributed by atoms with Crippen LogP contribution in [0.1, 0.15) is 60.4 Å². The second-order valence-corrected chi connectivity index (χ2v) is 8.69. The number of aryl methyl sites for hydroxylation is 1. The van der Waals surface area contributed by atoms with Gasteiger partial charge in [-0.05, 0) is 38.0 Å². The molecule has 1 fully saturated rings. The van der Waals surface area contributed by atoms with E-state index in [1.165, 1.54) is 0 Å². The van der Waals surface area contributed by atoms with E-state index in [0.29, 0.717) is 35.8 Å². The van der Waals surface area contributed by atoms with Crippen LogP contribution in [0.3, 0.4) is 0 Å². The third kappa shape index (κ3) is 4.84. The van der Waals surface area contributed by atoms with Gasteiger partial charge >= 0.3 is 0 Å². The van der Waals surface area contributed by atoms with Gasteiger partial charge in [0.25, 0.3) is 5.91 Å². The first-order valence-corrected chi connectivity index (χ1v) is 11.9. The van der Waals surface area contributed by atoms with Crippen molar-refractivity contribution in [2.24, 2.45) is 5.92 Å². The number of methoxy groups -OCH3 is 1. The maximum atomic E-state index is 13.4. The fourth-order valence-corrected chi connectivity index (χ4v) is 4.77. The van der Waals surface area contributed by atoms with Crippen molar-refractivity contribution in [3.8, 4) is 5.75 Å². The van der Waals surface area contributed by atoms with Crippen molar-refractivity contribution in [2.45, 2.75) is 45.6 Å². The van der Waals surface area contributed by atoms with Gasteiger partial charge in [-0.1, -0.05) is 37.6 Å². The van der Waals surface area contributed by atoms with Gasteiger partial charge in [-0.15, -0.1) is 0 Å². The molecule has 1 saturated heterocycles. The first-order valence-electron chi connectivity index (χ1n) is 11.9. The van der Waals surface area contributed by atoms with E-state index in [4.69, 9.17) is 4.74 Å². The molecule has 2 N–H and O–H groups in total. The Labute approximate surface area is 204 Å². The molecule has 3 heterocycles. The van der Waals surface area contributed by atoms with Crippen LogP contribution < -0.4 is 15.6 Å². The maximum Gasteiger partial charge on any atom is 0.288 e. The standard InChI is InChI=1S/C26H31N5O4/c1-4-5-15-31-22(32)14-13-19(24(31)18-10-6-7-11-20(18)35-3)25(33)28-29-26(34)23-17(2)27-21-12-8-9-16-30(21)23/h6-12,16,19,24H,4-5,13-15H2,1-3H3,(H,28,33)(H,29,34). The zero-order chi connectivity index (χ0) is 24.9. The molecule has 0 spiro atoms. The number of nitrogens with zero attached hydrogens (tertiary/aromatic N) is 3. The second-order valence-electron chi connectivity index (χ2n) is 8.69. The van der Waals surface area contributed by atoms with Crippen LogP contribution in [0, 0.1) is 12.8 Å². The predicted octanol–water partition coefficient (Wildman–Crippen LogP) is 3.19. The first kappa shape index (κ1) is 24.3. The van der Waals surface area contributed by atoms with Gasteiger partial charge in [-0.3, -0.25) is 29.6 Å².